The monoisotopic (exact) mass is 1180 g/mol. The van der Waals surface area contributed by atoms with E-state index in [1.807, 2.05) is 13.8 Å². The molecule has 14 aliphatic carbocycles. The lowest BCUT2D eigenvalue weighted by molar-refractivity contribution is -0.216. The molecule has 15 rings (SSSR count). The maximum absolute atomic E-state index is 16.1. The molecule has 0 aromatic rings. The van der Waals surface area contributed by atoms with E-state index in [2.05, 4.69) is 26.0 Å². The Bertz CT molecular complexity index is 2690. The number of fused-ring (bicyclic) bond motifs is 5. The van der Waals surface area contributed by atoms with Crippen LogP contribution in [0.2, 0.25) is 0 Å². The van der Waals surface area contributed by atoms with Crippen LogP contribution < -0.4 is 0 Å². The van der Waals surface area contributed by atoms with E-state index in [4.69, 9.17) is 33.2 Å². The predicted octanol–water partition coefficient (Wildman–Crippen LogP) is 11.4. The number of esters is 7. The maximum atomic E-state index is 16.1. The van der Waals surface area contributed by atoms with Gasteiger partial charge in [-0.2, -0.15) is 0 Å². The number of carbonyl (C=O) groups excluding carboxylic acids is 7. The first-order valence-corrected chi connectivity index (χ1v) is 33.7. The molecule has 14 fully saturated rings. The molecule has 1 heterocycles. The Kier molecular flexibility index (Phi) is 14.8. The number of rotatable bonds is 21. The van der Waals surface area contributed by atoms with Crippen molar-refractivity contribution in [3.8, 4) is 0 Å². The van der Waals surface area contributed by atoms with Crippen molar-refractivity contribution >= 4 is 41.8 Å². The van der Waals surface area contributed by atoms with Crippen LogP contribution >= 0.6 is 0 Å². The summed E-state index contributed by atoms with van der Waals surface area (Å²) in [5, 5.41) is 11.7. The van der Waals surface area contributed by atoms with E-state index in [1.54, 1.807) is 41.5 Å². The zero-order valence-electron chi connectivity index (χ0n) is 52.7. The third-order valence-corrected chi connectivity index (χ3v) is 26.0. The summed E-state index contributed by atoms with van der Waals surface area (Å²) in [4.78, 5) is 103. The van der Waals surface area contributed by atoms with Gasteiger partial charge in [-0.05, 0) is 274 Å². The van der Waals surface area contributed by atoms with E-state index in [1.165, 1.54) is 12.8 Å². The van der Waals surface area contributed by atoms with Gasteiger partial charge in [0.25, 0.3) is 0 Å². The van der Waals surface area contributed by atoms with Crippen molar-refractivity contribution in [3.63, 3.8) is 0 Å². The van der Waals surface area contributed by atoms with Crippen molar-refractivity contribution in [1.29, 1.82) is 0 Å². The molecule has 18 unspecified atom stereocenters. The van der Waals surface area contributed by atoms with Gasteiger partial charge < -0.3 is 38.3 Å². The van der Waals surface area contributed by atoms with Crippen molar-refractivity contribution in [3.05, 3.63) is 12.2 Å². The van der Waals surface area contributed by atoms with Crippen LogP contribution in [0.4, 0.5) is 0 Å². The highest BCUT2D eigenvalue weighted by Crippen LogP contribution is 2.64. The fourth-order valence-electron chi connectivity index (χ4n) is 22.9. The van der Waals surface area contributed by atoms with Gasteiger partial charge >= 0.3 is 41.8 Å². The van der Waals surface area contributed by atoms with Crippen molar-refractivity contribution < 1.29 is 71.8 Å². The van der Waals surface area contributed by atoms with E-state index >= 15 is 14.4 Å². The first kappa shape index (κ1) is 59.9. The van der Waals surface area contributed by atoms with Crippen LogP contribution in [0.5, 0.6) is 0 Å². The highest BCUT2D eigenvalue weighted by atomic mass is 16.6. The molecule has 15 heteroatoms. The molecule has 0 radical (unpaired) electrons. The first-order valence-electron chi connectivity index (χ1n) is 33.7. The lowest BCUT2D eigenvalue weighted by Crippen LogP contribution is -2.59. The minimum absolute atomic E-state index is 0.00530. The summed E-state index contributed by atoms with van der Waals surface area (Å²) in [6.07, 6.45) is 17.1. The Balaban J connectivity index is 0.816. The van der Waals surface area contributed by atoms with Crippen LogP contribution in [-0.2, 0) is 66.7 Å². The summed E-state index contributed by atoms with van der Waals surface area (Å²) in [5.74, 6) is -0.0679. The number of ether oxygens (including phenoxy) is 7. The van der Waals surface area contributed by atoms with E-state index in [0.717, 1.165) is 70.6 Å². The molecule has 85 heavy (non-hydrogen) atoms. The van der Waals surface area contributed by atoms with Gasteiger partial charge in [-0.25, -0.2) is 4.79 Å². The quantitative estimate of drug-likeness (QED) is 0.0645. The fraction of sp³-hybridized carbons (Fsp3) is 0.871. The highest BCUT2D eigenvalue weighted by Gasteiger charge is 2.66. The molecule has 15 aliphatic rings. The lowest BCUT2D eigenvalue weighted by Gasteiger charge is -2.59. The van der Waals surface area contributed by atoms with Crippen LogP contribution in [0.15, 0.2) is 12.2 Å². The standard InChI is InChI=1S/C70H100O15/c1-36-41-13-14-43(24-41)52(36)31-66(7,63(77)85-69(10)47-19-38-15-39(21-47)22-48(69)20-38)34-68(9,62(76)83-57-44-25-50-51(26-44)59(73)81-58(50)57)35-67(8,61(75)82-56-45-17-40-18-46(56)30-70(78,28-40)29-45)33-65(5,6)60(74)79-32-55(72)80-53(27-54(71)84-64(2,3)4)49-23-37-11-12-42(49)16-37/h11-12,36-53,56-58,78H,13-35H2,1-10H3. The van der Waals surface area contributed by atoms with Gasteiger partial charge in [0.15, 0.2) is 6.61 Å². The van der Waals surface area contributed by atoms with Crippen molar-refractivity contribution in [2.75, 3.05) is 6.61 Å². The molecule has 18 atom stereocenters. The third kappa shape index (κ3) is 10.9. The molecule has 470 valence electrons. The van der Waals surface area contributed by atoms with Gasteiger partial charge in [-0.15, -0.1) is 0 Å². The summed E-state index contributed by atoms with van der Waals surface area (Å²) in [5.41, 5.74) is -8.08. The predicted molar refractivity (Wildman–Crippen MR) is 310 cm³/mol. The molecule has 1 aliphatic heterocycles. The molecule has 15 nitrogen and oxygen atoms in total. The van der Waals surface area contributed by atoms with Crippen molar-refractivity contribution in [2.45, 2.75) is 252 Å². The minimum atomic E-state index is -1.62. The van der Waals surface area contributed by atoms with Gasteiger partial charge in [-0.1, -0.05) is 19.1 Å². The van der Waals surface area contributed by atoms with Crippen LogP contribution in [0.3, 0.4) is 0 Å². The summed E-state index contributed by atoms with van der Waals surface area (Å²) in [6.45, 7) is 18.1. The SMILES string of the molecule is CC1C2CCC(C2)C1CC(C)(CC(C)(CC(C)(CC(C)(C)C(=O)OCC(=O)OC(CC(=O)OC(C)(C)C)C1CC2C=CC1C2)C(=O)OC1C2CC3CC1CC(O)(C3)C2)C(=O)OC1C2CC3C(=O)OC1C3C2)C(=O)OC1(C)C2CC3CC(C2)CC1C3. The molecular weight excluding hydrogens is 1080 g/mol. The molecule has 1 saturated heterocycles. The molecule has 0 amide bonds. The molecule has 0 spiro atoms. The normalized spacial score (nSPS) is 44.1. The van der Waals surface area contributed by atoms with Gasteiger partial charge in [-0.3, -0.25) is 28.8 Å². The highest BCUT2D eigenvalue weighted by molar-refractivity contribution is 5.85. The first-order chi connectivity index (χ1) is 39.9. The third-order valence-electron chi connectivity index (χ3n) is 26.0. The minimum Gasteiger partial charge on any atom is -0.461 e. The number of hydrogen-bond donors (Lipinski definition) is 1. The Labute approximate surface area is 504 Å². The average Bonchev–Trinajstić information content (AvgIpc) is 1.93. The Morgan fingerprint density at radius 2 is 1.28 bits per heavy atom. The Morgan fingerprint density at radius 3 is 1.88 bits per heavy atom. The van der Waals surface area contributed by atoms with Gasteiger partial charge in [0.2, 0.25) is 0 Å². The van der Waals surface area contributed by atoms with Crippen molar-refractivity contribution in [1.82, 2.24) is 0 Å². The zero-order valence-corrected chi connectivity index (χ0v) is 52.7. The van der Waals surface area contributed by atoms with Gasteiger partial charge in [0.1, 0.15) is 35.6 Å². The number of hydrogen-bond acceptors (Lipinski definition) is 15. The number of carbonyl (C=O) groups is 7. The summed E-state index contributed by atoms with van der Waals surface area (Å²) < 4.78 is 44.5. The molecular formula is C70H100O15. The topological polar surface area (TPSA) is 204 Å². The van der Waals surface area contributed by atoms with E-state index < -0.39 is 99.3 Å². The van der Waals surface area contributed by atoms with E-state index in [9.17, 15) is 24.3 Å². The fourth-order valence-corrected chi connectivity index (χ4v) is 22.9. The van der Waals surface area contributed by atoms with Gasteiger partial charge in [0, 0.05) is 17.8 Å². The molecule has 1 N–H and O–H groups in total. The zero-order chi connectivity index (χ0) is 60.3. The van der Waals surface area contributed by atoms with Crippen LogP contribution in [0, 0.1) is 122 Å². The second kappa shape index (κ2) is 21.0. The van der Waals surface area contributed by atoms with Gasteiger partial charge in [0.05, 0.1) is 39.6 Å². The maximum Gasteiger partial charge on any atom is 0.344 e. The van der Waals surface area contributed by atoms with Crippen molar-refractivity contribution in [2.24, 2.45) is 122 Å². The summed E-state index contributed by atoms with van der Waals surface area (Å²) >= 11 is 0. The second-order valence-corrected chi connectivity index (χ2v) is 34.2. The lowest BCUT2D eigenvalue weighted by atomic mass is 9.50. The molecule has 0 aromatic heterocycles. The Hall–Kier alpha value is -4.01. The van der Waals surface area contributed by atoms with E-state index in [0.29, 0.717) is 73.5 Å². The smallest absolute Gasteiger partial charge is 0.344 e. The molecule has 13 saturated carbocycles. The summed E-state index contributed by atoms with van der Waals surface area (Å²) in [7, 11) is 0. The number of allylic oxidation sites excluding steroid dienone is 2. The van der Waals surface area contributed by atoms with Crippen LogP contribution in [0.25, 0.3) is 0 Å². The second-order valence-electron chi connectivity index (χ2n) is 34.2. The number of aliphatic hydroxyl groups is 1. The average molecular weight is 1180 g/mol. The Morgan fingerprint density at radius 1 is 0.647 bits per heavy atom. The molecule has 0 aromatic carbocycles. The largest absolute Gasteiger partial charge is 0.461 e. The van der Waals surface area contributed by atoms with Crippen LogP contribution in [-0.4, -0.2) is 94.7 Å². The molecule has 14 bridgehead atoms. The van der Waals surface area contributed by atoms with Crippen LogP contribution in [0.1, 0.15) is 210 Å². The summed E-state index contributed by atoms with van der Waals surface area (Å²) in [6, 6.07) is 0. The van der Waals surface area contributed by atoms with E-state index in [-0.39, 0.29) is 96.8 Å².